The molecule has 0 radical (unpaired) electrons. The van der Waals surface area contributed by atoms with Gasteiger partial charge in [0.05, 0.1) is 24.3 Å². The molecule has 39 heavy (non-hydrogen) atoms. The van der Waals surface area contributed by atoms with Crippen LogP contribution in [0.4, 0.5) is 5.69 Å². The van der Waals surface area contributed by atoms with Gasteiger partial charge in [0.15, 0.2) is 0 Å². The largest absolute Gasteiger partial charge is 0.329 e. The van der Waals surface area contributed by atoms with Crippen LogP contribution in [0.1, 0.15) is 21.5 Å². The van der Waals surface area contributed by atoms with Gasteiger partial charge in [-0.2, -0.15) is 8.42 Å². The Morgan fingerprint density at radius 2 is 0.872 bits per heavy atom. The first-order valence-electron chi connectivity index (χ1n) is 12.7. The van der Waals surface area contributed by atoms with Crippen LogP contribution in [0.25, 0.3) is 22.3 Å². The Kier molecular flexibility index (Phi) is 6.47. The van der Waals surface area contributed by atoms with Crippen LogP contribution in [0, 0.1) is 0 Å². The fraction of sp³-hybridized carbons (Fsp3) is 0.0606. The van der Waals surface area contributed by atoms with Crippen molar-refractivity contribution in [2.24, 2.45) is 0 Å². The van der Waals surface area contributed by atoms with E-state index in [4.69, 9.17) is 0 Å². The molecule has 0 aliphatic carbocycles. The van der Waals surface area contributed by atoms with E-state index in [1.165, 1.54) is 4.31 Å². The molecule has 0 aromatic heterocycles. The summed E-state index contributed by atoms with van der Waals surface area (Å²) in [6.07, 6.45) is 0. The third kappa shape index (κ3) is 4.82. The first kappa shape index (κ1) is 24.6. The summed E-state index contributed by atoms with van der Waals surface area (Å²) in [5, 5.41) is 0. The minimum Gasteiger partial charge on any atom is -0.268 e. The third-order valence-electron chi connectivity index (χ3n) is 6.96. The number of rotatable bonds is 6. The Bertz CT molecular complexity index is 1720. The average molecular weight is 531 g/mol. The van der Waals surface area contributed by atoms with Gasteiger partial charge in [0.1, 0.15) is 0 Å². The smallest absolute Gasteiger partial charge is 0.268 e. The van der Waals surface area contributed by atoms with E-state index in [0.717, 1.165) is 37.7 Å². The topological polar surface area (TPSA) is 57.7 Å². The van der Waals surface area contributed by atoms with Crippen LogP contribution in [0.5, 0.6) is 0 Å². The lowest BCUT2D eigenvalue weighted by Crippen LogP contribution is -2.50. The molecule has 0 atom stereocenters. The van der Waals surface area contributed by atoms with E-state index in [1.54, 1.807) is 24.3 Å². The molecule has 1 heterocycles. The molecule has 1 amide bonds. The maximum atomic E-state index is 13.9. The molecule has 0 saturated carbocycles. The minimum atomic E-state index is -4.13. The van der Waals surface area contributed by atoms with E-state index in [9.17, 15) is 13.2 Å². The number of carbonyl (C=O) groups excluding carboxylic acids is 1. The van der Waals surface area contributed by atoms with Crippen molar-refractivity contribution >= 4 is 21.8 Å². The predicted molar refractivity (Wildman–Crippen MR) is 155 cm³/mol. The van der Waals surface area contributed by atoms with Gasteiger partial charge in [-0.25, -0.2) is 8.61 Å². The normalized spacial score (nSPS) is 14.2. The maximum absolute atomic E-state index is 13.9. The highest BCUT2D eigenvalue weighted by Crippen LogP contribution is 2.35. The summed E-state index contributed by atoms with van der Waals surface area (Å²) in [7, 11) is -4.13. The van der Waals surface area contributed by atoms with E-state index in [1.807, 2.05) is 109 Å². The molecule has 0 fully saturated rings. The summed E-state index contributed by atoms with van der Waals surface area (Å²) in [6.45, 7) is 0.0686. The Labute approximate surface area is 228 Å². The molecule has 1 aliphatic rings. The molecule has 6 rings (SSSR count). The van der Waals surface area contributed by atoms with Crippen molar-refractivity contribution in [3.05, 3.63) is 150 Å². The molecular weight excluding hydrogens is 504 g/mol. The lowest BCUT2D eigenvalue weighted by Gasteiger charge is -2.37. The molecular formula is C33H26N2O3S. The fourth-order valence-electron chi connectivity index (χ4n) is 4.87. The second-order valence-electron chi connectivity index (χ2n) is 9.47. The molecule has 0 spiro atoms. The predicted octanol–water partition coefficient (Wildman–Crippen LogP) is 6.93. The summed E-state index contributed by atoms with van der Waals surface area (Å²) in [5.41, 5.74) is 6.57. The van der Waals surface area contributed by atoms with Gasteiger partial charge in [-0.3, -0.25) is 4.79 Å². The Morgan fingerprint density at radius 3 is 1.38 bits per heavy atom. The monoisotopic (exact) mass is 530 g/mol. The van der Waals surface area contributed by atoms with Gasteiger partial charge < -0.3 is 0 Å². The molecule has 5 nitrogen and oxygen atoms in total. The first-order valence-corrected chi connectivity index (χ1v) is 14.1. The second kappa shape index (κ2) is 10.2. The van der Waals surface area contributed by atoms with Gasteiger partial charge in [-0.1, -0.05) is 121 Å². The zero-order valence-corrected chi connectivity index (χ0v) is 22.0. The minimum absolute atomic E-state index is 0.0476. The van der Waals surface area contributed by atoms with Gasteiger partial charge in [0, 0.05) is 0 Å². The van der Waals surface area contributed by atoms with Crippen molar-refractivity contribution in [3.8, 4) is 22.3 Å². The van der Waals surface area contributed by atoms with Crippen molar-refractivity contribution in [1.29, 1.82) is 0 Å². The number of para-hydroxylation sites is 1. The van der Waals surface area contributed by atoms with Crippen molar-refractivity contribution in [2.75, 3.05) is 4.31 Å². The van der Waals surface area contributed by atoms with Gasteiger partial charge >= 0.3 is 10.2 Å². The van der Waals surface area contributed by atoms with Crippen molar-refractivity contribution in [1.82, 2.24) is 4.31 Å². The summed E-state index contributed by atoms with van der Waals surface area (Å²) < 4.78 is 30.1. The van der Waals surface area contributed by atoms with E-state index >= 15 is 0 Å². The van der Waals surface area contributed by atoms with Gasteiger partial charge in [0.2, 0.25) is 0 Å². The quantitative estimate of drug-likeness (QED) is 0.239. The van der Waals surface area contributed by atoms with Crippen molar-refractivity contribution < 1.29 is 13.2 Å². The highest BCUT2D eigenvalue weighted by atomic mass is 32.2. The van der Waals surface area contributed by atoms with Crippen LogP contribution in [-0.4, -0.2) is 18.6 Å². The van der Waals surface area contributed by atoms with E-state index in [-0.39, 0.29) is 13.1 Å². The Hall–Kier alpha value is -4.68. The van der Waals surface area contributed by atoms with Crippen LogP contribution in [0.3, 0.4) is 0 Å². The zero-order valence-electron chi connectivity index (χ0n) is 21.1. The van der Waals surface area contributed by atoms with E-state index < -0.39 is 16.1 Å². The lowest BCUT2D eigenvalue weighted by atomic mass is 10.0. The highest BCUT2D eigenvalue weighted by molar-refractivity contribution is 7.91. The SMILES string of the molecule is O=C1c2ccccc2N(Cc2ccc(-c3ccccc3)cc2)S(=O)(=O)N1Cc1ccc(-c2ccccc2)cc1. The zero-order chi connectivity index (χ0) is 26.8. The van der Waals surface area contributed by atoms with Crippen LogP contribution in [-0.2, 0) is 23.3 Å². The first-order chi connectivity index (χ1) is 19.0. The molecule has 192 valence electrons. The second-order valence-corrected chi connectivity index (χ2v) is 11.2. The molecule has 0 N–H and O–H groups in total. The Morgan fingerprint density at radius 1 is 0.462 bits per heavy atom. The summed E-state index contributed by atoms with van der Waals surface area (Å²) >= 11 is 0. The standard InChI is InChI=1S/C33H26N2O3S/c36-33-31-13-7-8-14-32(31)34(23-25-15-19-29(20-16-25)27-9-3-1-4-10-27)39(37,38)35(33)24-26-17-21-30(22-18-26)28-11-5-2-6-12-28/h1-22H,23-24H2. The fourth-order valence-corrected chi connectivity index (χ4v) is 6.45. The third-order valence-corrected chi connectivity index (χ3v) is 8.70. The number of carbonyl (C=O) groups is 1. The summed E-state index contributed by atoms with van der Waals surface area (Å²) in [6, 6.07) is 42.4. The van der Waals surface area contributed by atoms with Gasteiger partial charge in [-0.15, -0.1) is 0 Å². The number of hydrogen-bond acceptors (Lipinski definition) is 3. The van der Waals surface area contributed by atoms with Crippen LogP contribution < -0.4 is 4.31 Å². The summed E-state index contributed by atoms with van der Waals surface area (Å²) in [4.78, 5) is 13.4. The molecule has 0 bridgehead atoms. The molecule has 0 unspecified atom stereocenters. The highest BCUT2D eigenvalue weighted by Gasteiger charge is 2.41. The summed E-state index contributed by atoms with van der Waals surface area (Å²) in [5.74, 6) is -0.520. The van der Waals surface area contributed by atoms with Crippen LogP contribution in [0.2, 0.25) is 0 Å². The maximum Gasteiger partial charge on any atom is 0.329 e. The number of anilines is 1. The van der Waals surface area contributed by atoms with Gasteiger partial charge in [0.25, 0.3) is 5.91 Å². The number of benzene rings is 5. The van der Waals surface area contributed by atoms with Crippen molar-refractivity contribution in [3.63, 3.8) is 0 Å². The molecule has 6 heteroatoms. The average Bonchev–Trinajstić information content (AvgIpc) is 2.99. The number of nitrogens with zero attached hydrogens (tertiary/aromatic N) is 2. The van der Waals surface area contributed by atoms with E-state index in [0.29, 0.717) is 11.3 Å². The Balaban J connectivity index is 1.30. The number of amides is 1. The molecule has 1 aliphatic heterocycles. The molecule has 5 aromatic carbocycles. The van der Waals surface area contributed by atoms with E-state index in [2.05, 4.69) is 0 Å². The van der Waals surface area contributed by atoms with Crippen LogP contribution >= 0.6 is 0 Å². The lowest BCUT2D eigenvalue weighted by molar-refractivity contribution is 0.0851. The molecule has 5 aromatic rings. The van der Waals surface area contributed by atoms with Gasteiger partial charge in [-0.05, 0) is 45.5 Å². The van der Waals surface area contributed by atoms with Crippen molar-refractivity contribution in [2.45, 2.75) is 13.1 Å². The van der Waals surface area contributed by atoms with Crippen LogP contribution in [0.15, 0.2) is 133 Å². The molecule has 0 saturated heterocycles. The number of fused-ring (bicyclic) bond motifs is 1. The number of hydrogen-bond donors (Lipinski definition) is 0.